The fraction of sp³-hybridized carbons (Fsp3) is 0.333. The molecule has 1 N–H and O–H groups in total. The standard InChI is InChI=1S/C21H25NO4/c1-13-6-9-19(16(4)10-13)22-21(24)17(5)26-20(23)12-25-18-8-7-14(2)15(3)11-18/h6-11,17H,12H2,1-5H3,(H,22,24)/t17-/m0/s1. The van der Waals surface area contributed by atoms with Crippen LogP contribution in [-0.2, 0) is 14.3 Å². The Balaban J connectivity index is 1.85. The molecule has 0 aromatic heterocycles. The van der Waals surface area contributed by atoms with Gasteiger partial charge >= 0.3 is 5.97 Å². The Kier molecular flexibility index (Phi) is 6.39. The molecule has 2 aromatic carbocycles. The molecule has 5 nitrogen and oxygen atoms in total. The molecule has 0 spiro atoms. The Morgan fingerprint density at radius 1 is 0.962 bits per heavy atom. The predicted octanol–water partition coefficient (Wildman–Crippen LogP) is 3.87. The number of aryl methyl sites for hydroxylation is 4. The first-order chi connectivity index (χ1) is 12.3. The lowest BCUT2D eigenvalue weighted by molar-refractivity contribution is -0.155. The van der Waals surface area contributed by atoms with Crippen LogP contribution >= 0.6 is 0 Å². The Labute approximate surface area is 154 Å². The van der Waals surface area contributed by atoms with Crippen LogP contribution in [0.4, 0.5) is 5.69 Å². The first kappa shape index (κ1) is 19.5. The van der Waals surface area contributed by atoms with Crippen molar-refractivity contribution in [1.82, 2.24) is 0 Å². The van der Waals surface area contributed by atoms with Gasteiger partial charge in [-0.3, -0.25) is 4.79 Å². The summed E-state index contributed by atoms with van der Waals surface area (Å²) in [5.74, 6) is -0.375. The van der Waals surface area contributed by atoms with Gasteiger partial charge in [0.05, 0.1) is 0 Å². The largest absolute Gasteiger partial charge is 0.482 e. The lowest BCUT2D eigenvalue weighted by Crippen LogP contribution is -2.31. The van der Waals surface area contributed by atoms with Gasteiger partial charge in [-0.2, -0.15) is 0 Å². The van der Waals surface area contributed by atoms with Gasteiger partial charge < -0.3 is 14.8 Å². The Morgan fingerprint density at radius 2 is 1.69 bits per heavy atom. The van der Waals surface area contributed by atoms with Gasteiger partial charge in [0.2, 0.25) is 0 Å². The fourth-order valence-electron chi connectivity index (χ4n) is 2.42. The van der Waals surface area contributed by atoms with Gasteiger partial charge in [-0.15, -0.1) is 0 Å². The third kappa shape index (κ3) is 5.34. The Morgan fingerprint density at radius 3 is 2.35 bits per heavy atom. The molecule has 2 rings (SSSR count). The summed E-state index contributed by atoms with van der Waals surface area (Å²) in [7, 11) is 0. The number of benzene rings is 2. The lowest BCUT2D eigenvalue weighted by atomic mass is 10.1. The topological polar surface area (TPSA) is 64.6 Å². The molecule has 0 aliphatic heterocycles. The summed E-state index contributed by atoms with van der Waals surface area (Å²) in [6, 6.07) is 11.3. The van der Waals surface area contributed by atoms with E-state index in [1.165, 1.54) is 6.92 Å². The van der Waals surface area contributed by atoms with Gasteiger partial charge in [0.1, 0.15) is 5.75 Å². The van der Waals surface area contributed by atoms with Crippen molar-refractivity contribution >= 4 is 17.6 Å². The number of hydrogen-bond donors (Lipinski definition) is 1. The summed E-state index contributed by atoms with van der Waals surface area (Å²) in [4.78, 5) is 24.1. The Hall–Kier alpha value is -2.82. The van der Waals surface area contributed by atoms with E-state index in [0.717, 1.165) is 22.3 Å². The molecule has 138 valence electrons. The van der Waals surface area contributed by atoms with Crippen molar-refractivity contribution < 1.29 is 19.1 Å². The SMILES string of the molecule is Cc1ccc(NC(=O)[C@H](C)OC(=O)COc2ccc(C)c(C)c2)c(C)c1. The highest BCUT2D eigenvalue weighted by molar-refractivity contribution is 5.95. The zero-order valence-corrected chi connectivity index (χ0v) is 15.9. The number of anilines is 1. The summed E-state index contributed by atoms with van der Waals surface area (Å²) in [5, 5.41) is 2.77. The number of rotatable bonds is 6. The van der Waals surface area contributed by atoms with Gasteiger partial charge in [0.15, 0.2) is 12.7 Å². The van der Waals surface area contributed by atoms with Crippen LogP contribution in [0.2, 0.25) is 0 Å². The molecule has 5 heteroatoms. The molecular formula is C21H25NO4. The highest BCUT2D eigenvalue weighted by atomic mass is 16.6. The molecule has 0 heterocycles. The summed E-state index contributed by atoms with van der Waals surface area (Å²) in [5.41, 5.74) is 5.00. The maximum atomic E-state index is 12.2. The van der Waals surface area contributed by atoms with Crippen molar-refractivity contribution in [2.75, 3.05) is 11.9 Å². The minimum atomic E-state index is -0.911. The van der Waals surface area contributed by atoms with Crippen LogP contribution in [0.1, 0.15) is 29.2 Å². The average molecular weight is 355 g/mol. The van der Waals surface area contributed by atoms with E-state index >= 15 is 0 Å². The van der Waals surface area contributed by atoms with Crippen molar-refractivity contribution in [2.45, 2.75) is 40.7 Å². The summed E-state index contributed by atoms with van der Waals surface area (Å²) in [6.07, 6.45) is -0.911. The maximum absolute atomic E-state index is 12.2. The third-order valence-electron chi connectivity index (χ3n) is 4.15. The number of amides is 1. The van der Waals surface area contributed by atoms with E-state index in [1.54, 1.807) is 6.07 Å². The van der Waals surface area contributed by atoms with Crippen molar-refractivity contribution in [1.29, 1.82) is 0 Å². The summed E-state index contributed by atoms with van der Waals surface area (Å²) in [6.45, 7) is 9.16. The smallest absolute Gasteiger partial charge is 0.344 e. The molecule has 0 bridgehead atoms. The van der Waals surface area contributed by atoms with Crippen LogP contribution in [0.5, 0.6) is 5.75 Å². The van der Waals surface area contributed by atoms with Crippen molar-refractivity contribution in [3.63, 3.8) is 0 Å². The summed E-state index contributed by atoms with van der Waals surface area (Å²) >= 11 is 0. The molecule has 0 saturated heterocycles. The second kappa shape index (κ2) is 8.52. The van der Waals surface area contributed by atoms with Crippen LogP contribution in [0, 0.1) is 27.7 Å². The second-order valence-corrected chi connectivity index (χ2v) is 6.47. The van der Waals surface area contributed by atoms with Gasteiger partial charge in [0, 0.05) is 5.69 Å². The normalized spacial score (nSPS) is 11.6. The number of ether oxygens (including phenoxy) is 2. The molecule has 0 unspecified atom stereocenters. The molecule has 26 heavy (non-hydrogen) atoms. The fourth-order valence-corrected chi connectivity index (χ4v) is 2.42. The van der Waals surface area contributed by atoms with E-state index in [1.807, 2.05) is 58.0 Å². The lowest BCUT2D eigenvalue weighted by Gasteiger charge is -2.15. The maximum Gasteiger partial charge on any atom is 0.344 e. The number of esters is 1. The minimum absolute atomic E-state index is 0.246. The van der Waals surface area contributed by atoms with Crippen molar-refractivity contribution in [3.8, 4) is 5.75 Å². The second-order valence-electron chi connectivity index (χ2n) is 6.47. The van der Waals surface area contributed by atoms with E-state index < -0.39 is 12.1 Å². The number of carbonyl (C=O) groups is 2. The minimum Gasteiger partial charge on any atom is -0.482 e. The van der Waals surface area contributed by atoms with Crippen LogP contribution in [0.25, 0.3) is 0 Å². The number of hydrogen-bond acceptors (Lipinski definition) is 4. The molecule has 0 saturated carbocycles. The molecule has 1 atom stereocenters. The highest BCUT2D eigenvalue weighted by Gasteiger charge is 2.19. The number of nitrogens with one attached hydrogen (secondary N) is 1. The van der Waals surface area contributed by atoms with Crippen molar-refractivity contribution in [2.24, 2.45) is 0 Å². The van der Waals surface area contributed by atoms with E-state index in [-0.39, 0.29) is 12.5 Å². The van der Waals surface area contributed by atoms with Crippen molar-refractivity contribution in [3.05, 3.63) is 58.7 Å². The van der Waals surface area contributed by atoms with Crippen LogP contribution < -0.4 is 10.1 Å². The molecule has 0 fully saturated rings. The monoisotopic (exact) mass is 355 g/mol. The van der Waals surface area contributed by atoms with E-state index in [0.29, 0.717) is 11.4 Å². The van der Waals surface area contributed by atoms with Gasteiger partial charge in [-0.05, 0) is 69.5 Å². The zero-order valence-electron chi connectivity index (χ0n) is 15.9. The van der Waals surface area contributed by atoms with Crippen LogP contribution in [0.3, 0.4) is 0 Å². The van der Waals surface area contributed by atoms with Gasteiger partial charge in [0.25, 0.3) is 5.91 Å². The van der Waals surface area contributed by atoms with E-state index in [4.69, 9.17) is 9.47 Å². The molecule has 0 radical (unpaired) electrons. The van der Waals surface area contributed by atoms with Gasteiger partial charge in [-0.1, -0.05) is 23.8 Å². The Bertz CT molecular complexity index is 814. The van der Waals surface area contributed by atoms with Crippen LogP contribution in [0.15, 0.2) is 36.4 Å². The molecule has 0 aliphatic carbocycles. The molecular weight excluding hydrogens is 330 g/mol. The molecule has 2 aromatic rings. The molecule has 0 aliphatic rings. The van der Waals surface area contributed by atoms with E-state index in [9.17, 15) is 9.59 Å². The quantitative estimate of drug-likeness (QED) is 0.799. The first-order valence-electron chi connectivity index (χ1n) is 8.54. The van der Waals surface area contributed by atoms with E-state index in [2.05, 4.69) is 5.32 Å². The number of carbonyl (C=O) groups excluding carboxylic acids is 2. The zero-order chi connectivity index (χ0) is 19.3. The first-order valence-corrected chi connectivity index (χ1v) is 8.54. The highest BCUT2D eigenvalue weighted by Crippen LogP contribution is 2.17. The third-order valence-corrected chi connectivity index (χ3v) is 4.15. The van der Waals surface area contributed by atoms with Crippen LogP contribution in [-0.4, -0.2) is 24.6 Å². The predicted molar refractivity (Wildman–Crippen MR) is 102 cm³/mol. The van der Waals surface area contributed by atoms with Gasteiger partial charge in [-0.25, -0.2) is 4.79 Å². The average Bonchev–Trinajstić information content (AvgIpc) is 2.58. The molecule has 1 amide bonds. The summed E-state index contributed by atoms with van der Waals surface area (Å²) < 4.78 is 10.6.